The van der Waals surface area contributed by atoms with Gasteiger partial charge < -0.3 is 10.0 Å². The number of benzene rings is 1. The molecular formula is C12H13BrClNO2. The smallest absolute Gasteiger partial charge is 0.255 e. The molecule has 0 fully saturated rings. The van der Waals surface area contributed by atoms with E-state index in [-0.39, 0.29) is 19.1 Å². The molecule has 0 radical (unpaired) electrons. The zero-order valence-corrected chi connectivity index (χ0v) is 11.5. The number of carbonyl (C=O) groups is 1. The molecule has 17 heavy (non-hydrogen) atoms. The van der Waals surface area contributed by atoms with E-state index < -0.39 is 0 Å². The quantitative estimate of drug-likeness (QED) is 0.848. The van der Waals surface area contributed by atoms with Crippen molar-refractivity contribution in [2.75, 3.05) is 19.7 Å². The molecule has 0 spiro atoms. The summed E-state index contributed by atoms with van der Waals surface area (Å²) in [6.07, 6.45) is 1.61. The zero-order chi connectivity index (χ0) is 12.8. The third-order valence-corrected chi connectivity index (χ3v) is 3.48. The van der Waals surface area contributed by atoms with Crippen molar-refractivity contribution < 1.29 is 9.90 Å². The second-order valence-corrected chi connectivity index (χ2v) is 4.60. The van der Waals surface area contributed by atoms with E-state index in [1.165, 1.54) is 4.90 Å². The van der Waals surface area contributed by atoms with Crippen LogP contribution in [0.25, 0.3) is 0 Å². The number of carbonyl (C=O) groups excluding carboxylic acids is 1. The van der Waals surface area contributed by atoms with Gasteiger partial charge in [-0.25, -0.2) is 0 Å². The largest absolute Gasteiger partial charge is 0.395 e. The van der Waals surface area contributed by atoms with Gasteiger partial charge in [-0.3, -0.25) is 4.79 Å². The predicted octanol–water partition coefficient (Wildman–Crippen LogP) is 2.72. The van der Waals surface area contributed by atoms with E-state index >= 15 is 0 Å². The van der Waals surface area contributed by atoms with Crippen molar-refractivity contribution in [3.63, 3.8) is 0 Å². The van der Waals surface area contributed by atoms with Crippen LogP contribution in [0.3, 0.4) is 0 Å². The summed E-state index contributed by atoms with van der Waals surface area (Å²) in [5.41, 5.74) is 0.413. The van der Waals surface area contributed by atoms with Crippen molar-refractivity contribution in [2.24, 2.45) is 0 Å². The minimum Gasteiger partial charge on any atom is -0.395 e. The van der Waals surface area contributed by atoms with Crippen LogP contribution in [0.4, 0.5) is 0 Å². The molecular weight excluding hydrogens is 305 g/mol. The number of aliphatic hydroxyl groups excluding tert-OH is 1. The topological polar surface area (TPSA) is 40.5 Å². The molecule has 0 bridgehead atoms. The highest BCUT2D eigenvalue weighted by atomic mass is 79.9. The molecule has 0 atom stereocenters. The van der Waals surface area contributed by atoms with Gasteiger partial charge in [-0.05, 0) is 28.1 Å². The maximum atomic E-state index is 12.2. The normalized spacial score (nSPS) is 10.1. The Morgan fingerprint density at radius 2 is 2.29 bits per heavy atom. The number of amides is 1. The molecule has 0 unspecified atom stereocenters. The van der Waals surface area contributed by atoms with Crippen molar-refractivity contribution in [1.29, 1.82) is 0 Å². The number of rotatable bonds is 5. The van der Waals surface area contributed by atoms with Crippen LogP contribution in [0.5, 0.6) is 0 Å². The summed E-state index contributed by atoms with van der Waals surface area (Å²) >= 11 is 9.32. The minimum absolute atomic E-state index is 0.0921. The lowest BCUT2D eigenvalue weighted by Gasteiger charge is -2.20. The fourth-order valence-corrected chi connectivity index (χ4v) is 1.96. The van der Waals surface area contributed by atoms with Crippen LogP contribution in [-0.2, 0) is 0 Å². The van der Waals surface area contributed by atoms with Gasteiger partial charge in [0.2, 0.25) is 0 Å². The third-order valence-electron chi connectivity index (χ3n) is 2.19. The highest BCUT2D eigenvalue weighted by Crippen LogP contribution is 2.26. The SMILES string of the molecule is C=CCN(CCO)C(=O)c1cccc(Br)c1Cl. The van der Waals surface area contributed by atoms with Gasteiger partial charge in [-0.2, -0.15) is 0 Å². The van der Waals surface area contributed by atoms with E-state index in [4.69, 9.17) is 16.7 Å². The van der Waals surface area contributed by atoms with Crippen LogP contribution in [0, 0.1) is 0 Å². The van der Waals surface area contributed by atoms with E-state index in [1.807, 2.05) is 0 Å². The maximum Gasteiger partial charge on any atom is 0.255 e. The molecule has 3 nitrogen and oxygen atoms in total. The number of nitrogens with zero attached hydrogens (tertiary/aromatic N) is 1. The van der Waals surface area contributed by atoms with Gasteiger partial charge in [-0.15, -0.1) is 6.58 Å². The lowest BCUT2D eigenvalue weighted by molar-refractivity contribution is 0.0743. The van der Waals surface area contributed by atoms with Crippen LogP contribution in [0.2, 0.25) is 5.02 Å². The summed E-state index contributed by atoms with van der Waals surface area (Å²) in [4.78, 5) is 13.6. The van der Waals surface area contributed by atoms with Gasteiger partial charge in [0.1, 0.15) is 0 Å². The summed E-state index contributed by atoms with van der Waals surface area (Å²) in [7, 11) is 0. The van der Waals surface area contributed by atoms with Crippen LogP contribution < -0.4 is 0 Å². The number of hydrogen-bond donors (Lipinski definition) is 1. The molecule has 0 aliphatic heterocycles. The minimum atomic E-state index is -0.217. The Morgan fingerprint density at radius 3 is 2.88 bits per heavy atom. The van der Waals surface area contributed by atoms with Gasteiger partial charge in [0, 0.05) is 17.6 Å². The first-order valence-electron chi connectivity index (χ1n) is 5.06. The molecule has 0 saturated heterocycles. The van der Waals surface area contributed by atoms with Crippen molar-refractivity contribution in [3.8, 4) is 0 Å². The fourth-order valence-electron chi connectivity index (χ4n) is 1.39. The van der Waals surface area contributed by atoms with Gasteiger partial charge in [0.05, 0.1) is 17.2 Å². The van der Waals surface area contributed by atoms with Crippen LogP contribution in [0.1, 0.15) is 10.4 Å². The summed E-state index contributed by atoms with van der Waals surface area (Å²) in [6, 6.07) is 5.17. The zero-order valence-electron chi connectivity index (χ0n) is 9.20. The first-order valence-corrected chi connectivity index (χ1v) is 6.24. The Balaban J connectivity index is 3.00. The van der Waals surface area contributed by atoms with E-state index in [0.29, 0.717) is 21.6 Å². The highest BCUT2D eigenvalue weighted by molar-refractivity contribution is 9.10. The molecule has 0 aliphatic rings. The Hall–Kier alpha value is -0.840. The Kier molecular flexibility index (Phi) is 5.68. The van der Waals surface area contributed by atoms with Gasteiger partial charge >= 0.3 is 0 Å². The second kappa shape index (κ2) is 6.79. The summed E-state index contributed by atoms with van der Waals surface area (Å²) in [5.74, 6) is -0.217. The summed E-state index contributed by atoms with van der Waals surface area (Å²) < 4.78 is 0.674. The van der Waals surface area contributed by atoms with Crippen molar-refractivity contribution >= 4 is 33.4 Å². The van der Waals surface area contributed by atoms with Crippen LogP contribution in [-0.4, -0.2) is 35.6 Å². The van der Waals surface area contributed by atoms with Gasteiger partial charge in [-0.1, -0.05) is 23.7 Å². The molecule has 5 heteroatoms. The van der Waals surface area contributed by atoms with E-state index in [0.717, 1.165) is 0 Å². The van der Waals surface area contributed by atoms with Crippen molar-refractivity contribution in [1.82, 2.24) is 4.90 Å². The van der Waals surface area contributed by atoms with Crippen LogP contribution >= 0.6 is 27.5 Å². The summed E-state index contributed by atoms with van der Waals surface area (Å²) in [6.45, 7) is 4.12. The van der Waals surface area contributed by atoms with E-state index in [9.17, 15) is 4.79 Å². The summed E-state index contributed by atoms with van der Waals surface area (Å²) in [5, 5.41) is 9.29. The third kappa shape index (κ3) is 3.56. The molecule has 1 aromatic rings. The molecule has 0 aliphatic carbocycles. The standard InChI is InChI=1S/C12H13BrClNO2/c1-2-6-15(7-8-16)12(17)9-4-3-5-10(13)11(9)14/h2-5,16H,1,6-8H2. The highest BCUT2D eigenvalue weighted by Gasteiger charge is 2.17. The second-order valence-electron chi connectivity index (χ2n) is 3.36. The van der Waals surface area contributed by atoms with E-state index in [2.05, 4.69) is 22.5 Å². The van der Waals surface area contributed by atoms with Crippen molar-refractivity contribution in [2.45, 2.75) is 0 Å². The molecule has 1 amide bonds. The molecule has 0 aromatic heterocycles. The van der Waals surface area contributed by atoms with E-state index in [1.54, 1.807) is 24.3 Å². The Morgan fingerprint density at radius 1 is 1.59 bits per heavy atom. The lowest BCUT2D eigenvalue weighted by Crippen LogP contribution is -2.33. The number of aliphatic hydroxyl groups is 1. The number of hydrogen-bond acceptors (Lipinski definition) is 2. The van der Waals surface area contributed by atoms with Gasteiger partial charge in [0.25, 0.3) is 5.91 Å². The average Bonchev–Trinajstić information content (AvgIpc) is 2.31. The monoisotopic (exact) mass is 317 g/mol. The molecule has 1 rings (SSSR count). The number of halogens is 2. The molecule has 0 heterocycles. The first kappa shape index (κ1) is 14.2. The predicted molar refractivity (Wildman–Crippen MR) is 72.3 cm³/mol. The molecule has 92 valence electrons. The van der Waals surface area contributed by atoms with Crippen molar-refractivity contribution in [3.05, 3.63) is 45.9 Å². The average molecular weight is 319 g/mol. The molecule has 0 saturated carbocycles. The lowest BCUT2D eigenvalue weighted by atomic mass is 10.2. The Bertz CT molecular complexity index is 423. The molecule has 1 aromatic carbocycles. The first-order chi connectivity index (χ1) is 8.11. The molecule has 1 N–H and O–H groups in total. The maximum absolute atomic E-state index is 12.2. The Labute approximate surface area is 114 Å². The van der Waals surface area contributed by atoms with Gasteiger partial charge in [0.15, 0.2) is 0 Å². The van der Waals surface area contributed by atoms with Crippen LogP contribution in [0.15, 0.2) is 35.3 Å². The fraction of sp³-hybridized carbons (Fsp3) is 0.250.